The minimum absolute atomic E-state index is 0.662. The van der Waals surface area contributed by atoms with Gasteiger partial charge in [-0.2, -0.15) is 4.57 Å². The first-order chi connectivity index (χ1) is 23.8. The number of allylic oxidation sites excluding steroid dienone is 6. The fourth-order valence-corrected chi connectivity index (χ4v) is 10.1. The summed E-state index contributed by atoms with van der Waals surface area (Å²) < 4.78 is 9.02. The van der Waals surface area contributed by atoms with E-state index in [2.05, 4.69) is 119 Å². The lowest BCUT2D eigenvalue weighted by molar-refractivity contribution is -0.680. The van der Waals surface area contributed by atoms with Crippen LogP contribution in [-0.4, -0.2) is 6.54 Å². The SMILES string of the molecule is C1=C(/C=C2\Sc3ccc(-c4ccccc4)c4c3N2CCC4)CCC2CC/C(=C\c3oc4ccc(-c5ccccc5)c5c4[n+]3CCC5)C=C12. The molecule has 3 aliphatic heterocycles. The lowest BCUT2D eigenvalue weighted by Gasteiger charge is -2.30. The molecule has 48 heavy (non-hydrogen) atoms. The molecule has 0 fully saturated rings. The molecular weight excluding hydrogens is 605 g/mol. The predicted octanol–water partition coefficient (Wildman–Crippen LogP) is 10.8. The number of aryl methyl sites for hydroxylation is 2. The Kier molecular flexibility index (Phi) is 6.86. The Morgan fingerprint density at radius 3 is 2.31 bits per heavy atom. The summed E-state index contributed by atoms with van der Waals surface area (Å²) in [5.41, 5.74) is 16.4. The first-order valence-corrected chi connectivity index (χ1v) is 18.6. The second-order valence-electron chi connectivity index (χ2n) is 14.0. The molecule has 3 nitrogen and oxygen atoms in total. The van der Waals surface area contributed by atoms with E-state index in [0.717, 1.165) is 56.7 Å². The minimum atomic E-state index is 0.662. The minimum Gasteiger partial charge on any atom is -0.398 e. The van der Waals surface area contributed by atoms with Crippen molar-refractivity contribution in [1.82, 2.24) is 0 Å². The van der Waals surface area contributed by atoms with E-state index < -0.39 is 0 Å². The lowest BCUT2D eigenvalue weighted by Crippen LogP contribution is -2.39. The van der Waals surface area contributed by atoms with Crippen LogP contribution in [0.3, 0.4) is 0 Å². The molecular formula is C44H39N2OS+. The summed E-state index contributed by atoms with van der Waals surface area (Å²) >= 11 is 1.96. The molecule has 4 heterocycles. The molecule has 0 N–H and O–H groups in total. The van der Waals surface area contributed by atoms with E-state index in [1.54, 1.807) is 0 Å². The van der Waals surface area contributed by atoms with Crippen molar-refractivity contribution in [2.45, 2.75) is 62.8 Å². The molecule has 0 bridgehead atoms. The van der Waals surface area contributed by atoms with Crippen molar-refractivity contribution < 1.29 is 8.98 Å². The molecule has 0 radical (unpaired) electrons. The maximum Gasteiger partial charge on any atom is 0.374 e. The van der Waals surface area contributed by atoms with Crippen LogP contribution in [0.1, 0.15) is 55.5 Å². The zero-order chi connectivity index (χ0) is 31.6. The van der Waals surface area contributed by atoms with Crippen LogP contribution in [0.4, 0.5) is 5.69 Å². The van der Waals surface area contributed by atoms with Gasteiger partial charge in [0.15, 0.2) is 6.54 Å². The highest BCUT2D eigenvalue weighted by Gasteiger charge is 2.34. The molecule has 0 saturated carbocycles. The van der Waals surface area contributed by atoms with Gasteiger partial charge in [0.2, 0.25) is 5.58 Å². The van der Waals surface area contributed by atoms with Crippen LogP contribution in [0.15, 0.2) is 134 Å². The highest BCUT2D eigenvalue weighted by atomic mass is 32.2. The van der Waals surface area contributed by atoms with Crippen molar-refractivity contribution >= 4 is 34.6 Å². The lowest BCUT2D eigenvalue weighted by atomic mass is 9.77. The molecule has 2 aliphatic carbocycles. The van der Waals surface area contributed by atoms with Crippen LogP contribution in [0.25, 0.3) is 39.4 Å². The Labute approximate surface area is 287 Å². The van der Waals surface area contributed by atoms with Gasteiger partial charge in [-0.3, -0.25) is 0 Å². The number of hydrogen-bond donors (Lipinski definition) is 0. The number of oxazole rings is 1. The van der Waals surface area contributed by atoms with Gasteiger partial charge in [0, 0.05) is 23.4 Å². The van der Waals surface area contributed by atoms with Gasteiger partial charge in [0.05, 0.1) is 16.8 Å². The first-order valence-electron chi connectivity index (χ1n) is 17.8. The molecule has 4 heteroatoms. The molecule has 10 rings (SSSR count). The standard InChI is InChI=1S/C44H39N2OS/c1-3-9-32(10-4-1)35-19-21-39-43-37(35)13-7-23-45(43)41(47-39)27-29-15-17-31-18-16-30(26-34(31)25-29)28-42-46-24-8-14-38-36(33-11-5-2-6-12-33)20-22-40(48-42)44(38)46/h1-6,9-12,19-22,25-28,31H,7-8,13-18,23-24H2/q+1. The summed E-state index contributed by atoms with van der Waals surface area (Å²) in [6, 6.07) is 30.9. The summed E-state index contributed by atoms with van der Waals surface area (Å²) in [6.07, 6.45) is 19.2. The van der Waals surface area contributed by atoms with E-state index in [0.29, 0.717) is 5.92 Å². The third kappa shape index (κ3) is 4.76. The zero-order valence-corrected chi connectivity index (χ0v) is 28.1. The first kappa shape index (κ1) is 28.5. The third-order valence-corrected chi connectivity index (χ3v) is 12.2. The van der Waals surface area contributed by atoms with Crippen LogP contribution in [0.2, 0.25) is 0 Å². The average molecular weight is 644 g/mol. The van der Waals surface area contributed by atoms with E-state index in [4.69, 9.17) is 4.42 Å². The number of aromatic nitrogens is 1. The normalized spacial score (nSPS) is 21.3. The third-order valence-electron chi connectivity index (χ3n) is 11.1. The monoisotopic (exact) mass is 643 g/mol. The molecule has 1 unspecified atom stereocenters. The fourth-order valence-electron chi connectivity index (χ4n) is 8.87. The largest absolute Gasteiger partial charge is 0.398 e. The summed E-state index contributed by atoms with van der Waals surface area (Å²) in [5.74, 6) is 1.66. The highest BCUT2D eigenvalue weighted by Crippen LogP contribution is 2.53. The Morgan fingerprint density at radius 1 is 0.729 bits per heavy atom. The van der Waals surface area contributed by atoms with Crippen LogP contribution < -0.4 is 9.47 Å². The van der Waals surface area contributed by atoms with Gasteiger partial charge in [-0.15, -0.1) is 0 Å². The van der Waals surface area contributed by atoms with Crippen molar-refractivity contribution in [3.8, 4) is 22.3 Å². The number of thioether (sulfide) groups is 1. The molecule has 236 valence electrons. The topological polar surface area (TPSA) is 20.3 Å². The quantitative estimate of drug-likeness (QED) is 0.182. The van der Waals surface area contributed by atoms with Gasteiger partial charge >= 0.3 is 5.89 Å². The summed E-state index contributed by atoms with van der Waals surface area (Å²) in [4.78, 5) is 4.03. The molecule has 5 aliphatic rings. The second-order valence-corrected chi connectivity index (χ2v) is 15.1. The molecule has 0 amide bonds. The van der Waals surface area contributed by atoms with E-state index in [1.165, 1.54) is 90.5 Å². The van der Waals surface area contributed by atoms with Crippen molar-refractivity contribution in [2.75, 3.05) is 11.4 Å². The molecule has 1 atom stereocenters. The van der Waals surface area contributed by atoms with Crippen molar-refractivity contribution in [1.29, 1.82) is 0 Å². The number of rotatable bonds is 4. The van der Waals surface area contributed by atoms with Gasteiger partial charge in [-0.1, -0.05) is 90.6 Å². The van der Waals surface area contributed by atoms with E-state index in [9.17, 15) is 0 Å². The fraction of sp³-hybridized carbons (Fsp3) is 0.250. The predicted molar refractivity (Wildman–Crippen MR) is 198 cm³/mol. The number of fused-ring (bicyclic) bond motifs is 1. The van der Waals surface area contributed by atoms with Gasteiger partial charge in [0.1, 0.15) is 0 Å². The molecule has 0 saturated heterocycles. The maximum absolute atomic E-state index is 6.58. The number of hydrogen-bond acceptors (Lipinski definition) is 3. The molecule has 4 aromatic carbocycles. The van der Waals surface area contributed by atoms with Crippen molar-refractivity contribution in [2.24, 2.45) is 5.92 Å². The number of anilines is 1. The van der Waals surface area contributed by atoms with Crippen LogP contribution in [0, 0.1) is 5.92 Å². The van der Waals surface area contributed by atoms with Crippen molar-refractivity contribution in [3.63, 3.8) is 0 Å². The Bertz CT molecular complexity index is 2220. The smallest absolute Gasteiger partial charge is 0.374 e. The average Bonchev–Trinajstić information content (AvgIpc) is 3.68. The van der Waals surface area contributed by atoms with Gasteiger partial charge in [0.25, 0.3) is 5.52 Å². The Morgan fingerprint density at radius 2 is 1.48 bits per heavy atom. The Balaban J connectivity index is 0.969. The van der Waals surface area contributed by atoms with Crippen LogP contribution >= 0.6 is 11.8 Å². The van der Waals surface area contributed by atoms with E-state index in [1.807, 2.05) is 11.8 Å². The second kappa shape index (κ2) is 11.6. The van der Waals surface area contributed by atoms with Gasteiger partial charge in [-0.05, 0) is 120 Å². The summed E-state index contributed by atoms with van der Waals surface area (Å²) in [5, 5.41) is 1.40. The molecule has 0 spiro atoms. The van der Waals surface area contributed by atoms with Gasteiger partial charge < -0.3 is 9.32 Å². The molecule has 1 aromatic heterocycles. The zero-order valence-electron chi connectivity index (χ0n) is 27.3. The van der Waals surface area contributed by atoms with Crippen LogP contribution in [-0.2, 0) is 19.4 Å². The number of benzene rings is 4. The maximum atomic E-state index is 6.58. The van der Waals surface area contributed by atoms with Gasteiger partial charge in [-0.25, -0.2) is 0 Å². The summed E-state index contributed by atoms with van der Waals surface area (Å²) in [6.45, 7) is 2.12. The highest BCUT2D eigenvalue weighted by molar-refractivity contribution is 8.03. The summed E-state index contributed by atoms with van der Waals surface area (Å²) in [7, 11) is 0. The molecule has 5 aromatic rings. The Hall–Kier alpha value is -4.54. The van der Waals surface area contributed by atoms with Crippen molar-refractivity contribution in [3.05, 3.63) is 142 Å². The van der Waals surface area contributed by atoms with E-state index >= 15 is 0 Å². The van der Waals surface area contributed by atoms with Crippen LogP contribution in [0.5, 0.6) is 0 Å². The van der Waals surface area contributed by atoms with E-state index in [-0.39, 0.29) is 0 Å². The number of nitrogens with zero attached hydrogens (tertiary/aromatic N) is 2.